The summed E-state index contributed by atoms with van der Waals surface area (Å²) < 4.78 is 12.9. The number of halogens is 1. The molecule has 1 saturated heterocycles. The normalized spacial score (nSPS) is 26.2. The van der Waals surface area contributed by atoms with Crippen LogP contribution in [-0.2, 0) is 4.79 Å². The van der Waals surface area contributed by atoms with Crippen molar-refractivity contribution in [2.24, 2.45) is 0 Å². The number of nitrogens with zero attached hydrogens (tertiary/aromatic N) is 2. The van der Waals surface area contributed by atoms with E-state index in [4.69, 9.17) is 5.26 Å². The maximum atomic E-state index is 12.9. The molecule has 1 rings (SSSR count). The highest BCUT2D eigenvalue weighted by Crippen LogP contribution is 2.19. The fourth-order valence-electron chi connectivity index (χ4n) is 1.52. The Hall–Kier alpha value is -1.15. The highest BCUT2D eigenvalue weighted by atomic mass is 19.1. The summed E-state index contributed by atoms with van der Waals surface area (Å²) in [7, 11) is 0. The molecule has 0 spiro atoms. The number of carbonyl (C=O) groups is 1. The Balaban J connectivity index is 2.50. The van der Waals surface area contributed by atoms with Gasteiger partial charge in [-0.15, -0.1) is 0 Å². The molecule has 0 bridgehead atoms. The van der Waals surface area contributed by atoms with Crippen LogP contribution in [0, 0.1) is 11.3 Å². The van der Waals surface area contributed by atoms with Crippen molar-refractivity contribution < 1.29 is 9.18 Å². The lowest BCUT2D eigenvalue weighted by Crippen LogP contribution is -2.40. The molecule has 0 aromatic heterocycles. The van der Waals surface area contributed by atoms with E-state index in [1.165, 1.54) is 4.90 Å². The Kier molecular flexibility index (Phi) is 3.84. The first-order chi connectivity index (χ1) is 6.69. The van der Waals surface area contributed by atoms with Gasteiger partial charge in [-0.1, -0.05) is 6.92 Å². The molecule has 0 aromatic carbocycles. The summed E-state index contributed by atoms with van der Waals surface area (Å²) in [4.78, 5) is 12.8. The van der Waals surface area contributed by atoms with E-state index < -0.39 is 12.2 Å². The zero-order chi connectivity index (χ0) is 10.6. The number of rotatable bonds is 3. The molecule has 4 nitrogen and oxygen atoms in total. The van der Waals surface area contributed by atoms with Gasteiger partial charge in [0.25, 0.3) is 0 Å². The lowest BCUT2D eigenvalue weighted by Gasteiger charge is -2.18. The van der Waals surface area contributed by atoms with Gasteiger partial charge in [-0.2, -0.15) is 5.26 Å². The van der Waals surface area contributed by atoms with Crippen molar-refractivity contribution in [3.8, 4) is 6.07 Å². The molecule has 78 valence electrons. The summed E-state index contributed by atoms with van der Waals surface area (Å²) in [5, 5.41) is 11.6. The quantitative estimate of drug-likeness (QED) is 0.699. The molecule has 5 heteroatoms. The molecule has 0 saturated carbocycles. The van der Waals surface area contributed by atoms with Crippen LogP contribution < -0.4 is 5.32 Å². The molecule has 1 amide bonds. The summed E-state index contributed by atoms with van der Waals surface area (Å²) in [6.45, 7) is 2.82. The van der Waals surface area contributed by atoms with E-state index in [1.54, 1.807) is 0 Å². The van der Waals surface area contributed by atoms with Gasteiger partial charge in [0.05, 0.1) is 19.2 Å². The minimum absolute atomic E-state index is 0.0580. The molecular weight excluding hydrogens is 185 g/mol. The van der Waals surface area contributed by atoms with Crippen LogP contribution >= 0.6 is 0 Å². The number of alkyl halides is 1. The first-order valence-corrected chi connectivity index (χ1v) is 4.73. The lowest BCUT2D eigenvalue weighted by molar-refractivity contribution is -0.130. The fourth-order valence-corrected chi connectivity index (χ4v) is 1.52. The van der Waals surface area contributed by atoms with E-state index in [-0.39, 0.29) is 25.4 Å². The summed E-state index contributed by atoms with van der Waals surface area (Å²) in [5.74, 6) is -0.196. The van der Waals surface area contributed by atoms with Crippen molar-refractivity contribution in [3.63, 3.8) is 0 Å². The zero-order valence-corrected chi connectivity index (χ0v) is 8.16. The van der Waals surface area contributed by atoms with E-state index in [0.717, 1.165) is 0 Å². The standard InChI is InChI=1S/C9H14FN3O/c1-2-12-5-9(14)13-6-7(10)3-8(13)4-11/h7-8,12H,2-3,5-6H2,1H3. The van der Waals surface area contributed by atoms with Gasteiger partial charge in [0, 0.05) is 6.42 Å². The number of hydrogen-bond acceptors (Lipinski definition) is 3. The first kappa shape index (κ1) is 10.9. The Labute approximate surface area is 82.7 Å². The van der Waals surface area contributed by atoms with Crippen LogP contribution in [0.25, 0.3) is 0 Å². The van der Waals surface area contributed by atoms with Gasteiger partial charge >= 0.3 is 0 Å². The number of amides is 1. The minimum atomic E-state index is -1.05. The van der Waals surface area contributed by atoms with Crippen LogP contribution in [-0.4, -0.2) is 42.7 Å². The summed E-state index contributed by atoms with van der Waals surface area (Å²) in [6.07, 6.45) is -0.904. The second-order valence-electron chi connectivity index (χ2n) is 3.30. The highest BCUT2D eigenvalue weighted by molar-refractivity contribution is 5.79. The number of carbonyl (C=O) groups excluding carboxylic acids is 1. The van der Waals surface area contributed by atoms with Crippen LogP contribution in [0.5, 0.6) is 0 Å². The van der Waals surface area contributed by atoms with Gasteiger partial charge in [-0.3, -0.25) is 4.79 Å². The maximum absolute atomic E-state index is 12.9. The Morgan fingerprint density at radius 3 is 3.07 bits per heavy atom. The smallest absolute Gasteiger partial charge is 0.237 e. The van der Waals surface area contributed by atoms with Crippen molar-refractivity contribution in [1.82, 2.24) is 10.2 Å². The largest absolute Gasteiger partial charge is 0.323 e. The van der Waals surface area contributed by atoms with Gasteiger partial charge < -0.3 is 10.2 Å². The fraction of sp³-hybridized carbons (Fsp3) is 0.778. The Morgan fingerprint density at radius 1 is 1.79 bits per heavy atom. The van der Waals surface area contributed by atoms with E-state index in [2.05, 4.69) is 5.32 Å². The number of likely N-dealkylation sites (tertiary alicyclic amines) is 1. The number of nitriles is 1. The maximum Gasteiger partial charge on any atom is 0.237 e. The molecule has 1 fully saturated rings. The van der Waals surface area contributed by atoms with Crippen LogP contribution in [0.1, 0.15) is 13.3 Å². The van der Waals surface area contributed by atoms with E-state index in [1.807, 2.05) is 13.0 Å². The minimum Gasteiger partial charge on any atom is -0.323 e. The third-order valence-electron chi connectivity index (χ3n) is 2.25. The number of nitrogens with one attached hydrogen (secondary N) is 1. The van der Waals surface area contributed by atoms with Crippen molar-refractivity contribution in [1.29, 1.82) is 5.26 Å². The molecule has 14 heavy (non-hydrogen) atoms. The summed E-state index contributed by atoms with van der Waals surface area (Å²) >= 11 is 0. The third-order valence-corrected chi connectivity index (χ3v) is 2.25. The molecule has 0 aromatic rings. The third kappa shape index (κ3) is 2.42. The summed E-state index contributed by atoms with van der Waals surface area (Å²) in [5.41, 5.74) is 0. The average Bonchev–Trinajstić information content (AvgIpc) is 2.56. The number of likely N-dealkylation sites (N-methyl/N-ethyl adjacent to an activating group) is 1. The molecule has 1 aliphatic rings. The van der Waals surface area contributed by atoms with Gasteiger partial charge in [-0.25, -0.2) is 4.39 Å². The highest BCUT2D eigenvalue weighted by Gasteiger charge is 2.34. The molecule has 1 N–H and O–H groups in total. The molecular formula is C9H14FN3O. The predicted octanol–water partition coefficient (Wildman–Crippen LogP) is 0.0585. The van der Waals surface area contributed by atoms with Crippen LogP contribution in [0.4, 0.5) is 4.39 Å². The van der Waals surface area contributed by atoms with Gasteiger partial charge in [-0.05, 0) is 6.54 Å². The van der Waals surface area contributed by atoms with E-state index >= 15 is 0 Å². The molecule has 1 heterocycles. The van der Waals surface area contributed by atoms with Crippen LogP contribution in [0.2, 0.25) is 0 Å². The molecule has 0 radical (unpaired) electrons. The zero-order valence-electron chi connectivity index (χ0n) is 8.16. The monoisotopic (exact) mass is 199 g/mol. The van der Waals surface area contributed by atoms with Crippen LogP contribution in [0.3, 0.4) is 0 Å². The van der Waals surface area contributed by atoms with Gasteiger partial charge in [0.1, 0.15) is 12.2 Å². The molecule has 0 aliphatic carbocycles. The van der Waals surface area contributed by atoms with Crippen molar-refractivity contribution in [2.45, 2.75) is 25.6 Å². The van der Waals surface area contributed by atoms with Crippen molar-refractivity contribution in [2.75, 3.05) is 19.6 Å². The molecule has 1 aliphatic heterocycles. The lowest BCUT2D eigenvalue weighted by atomic mass is 10.2. The SMILES string of the molecule is CCNCC(=O)N1CC(F)CC1C#N. The van der Waals surface area contributed by atoms with Crippen LogP contribution in [0.15, 0.2) is 0 Å². The van der Waals surface area contributed by atoms with Gasteiger partial charge in [0.2, 0.25) is 5.91 Å². The first-order valence-electron chi connectivity index (χ1n) is 4.73. The Bertz CT molecular complexity index is 251. The average molecular weight is 199 g/mol. The molecule has 2 atom stereocenters. The van der Waals surface area contributed by atoms with E-state index in [0.29, 0.717) is 6.54 Å². The van der Waals surface area contributed by atoms with Gasteiger partial charge in [0.15, 0.2) is 0 Å². The summed E-state index contributed by atoms with van der Waals surface area (Å²) in [6, 6.07) is 1.35. The van der Waals surface area contributed by atoms with Crippen molar-refractivity contribution in [3.05, 3.63) is 0 Å². The van der Waals surface area contributed by atoms with Crippen molar-refractivity contribution >= 4 is 5.91 Å². The number of hydrogen-bond donors (Lipinski definition) is 1. The van der Waals surface area contributed by atoms with E-state index in [9.17, 15) is 9.18 Å². The Morgan fingerprint density at radius 2 is 2.50 bits per heavy atom. The second-order valence-corrected chi connectivity index (χ2v) is 3.30. The predicted molar refractivity (Wildman–Crippen MR) is 49.2 cm³/mol. The second kappa shape index (κ2) is 4.91. The topological polar surface area (TPSA) is 56.1 Å². The molecule has 2 unspecified atom stereocenters.